The molecule has 0 spiro atoms. The highest BCUT2D eigenvalue weighted by atomic mass is 16.5. The number of benzene rings is 2. The van der Waals surface area contributed by atoms with Gasteiger partial charge in [-0.05, 0) is 42.7 Å². The Morgan fingerprint density at radius 3 is 2.38 bits per heavy atom. The van der Waals surface area contributed by atoms with Gasteiger partial charge in [0.1, 0.15) is 5.75 Å². The largest absolute Gasteiger partial charge is 0.497 e. The molecule has 0 aliphatic heterocycles. The number of ether oxygens (including phenoxy) is 1. The van der Waals surface area contributed by atoms with E-state index in [1.54, 1.807) is 7.11 Å². The van der Waals surface area contributed by atoms with E-state index >= 15 is 0 Å². The molecule has 2 atom stereocenters. The predicted molar refractivity (Wildman–Crippen MR) is 85.6 cm³/mol. The molecule has 21 heavy (non-hydrogen) atoms. The highest BCUT2D eigenvalue weighted by Gasteiger charge is 2.11. The third-order valence-corrected chi connectivity index (χ3v) is 3.77. The fourth-order valence-corrected chi connectivity index (χ4v) is 2.41. The number of hydrogen-bond donors (Lipinski definition) is 2. The highest BCUT2D eigenvalue weighted by molar-refractivity contribution is 5.29. The maximum absolute atomic E-state index is 10.2. The molecule has 2 N–H and O–H groups in total. The summed E-state index contributed by atoms with van der Waals surface area (Å²) in [6.45, 7) is 4.73. The number of hydrogen-bond acceptors (Lipinski definition) is 3. The third kappa shape index (κ3) is 4.06. The Morgan fingerprint density at radius 2 is 1.76 bits per heavy atom. The van der Waals surface area contributed by atoms with E-state index in [1.165, 1.54) is 11.1 Å². The summed E-state index contributed by atoms with van der Waals surface area (Å²) in [6, 6.07) is 16.0. The number of aryl methyl sites for hydroxylation is 1. The zero-order valence-electron chi connectivity index (χ0n) is 12.8. The van der Waals surface area contributed by atoms with Crippen molar-refractivity contribution in [1.29, 1.82) is 0 Å². The van der Waals surface area contributed by atoms with Crippen LogP contribution in [0.1, 0.15) is 35.8 Å². The Morgan fingerprint density at radius 1 is 1.10 bits per heavy atom. The number of rotatable bonds is 6. The minimum absolute atomic E-state index is 0.207. The molecule has 2 aromatic rings. The van der Waals surface area contributed by atoms with Gasteiger partial charge in [-0.2, -0.15) is 0 Å². The lowest BCUT2D eigenvalue weighted by molar-refractivity contribution is 0.170. The summed E-state index contributed by atoms with van der Waals surface area (Å²) in [7, 11) is 1.64. The molecule has 0 heterocycles. The third-order valence-electron chi connectivity index (χ3n) is 3.77. The molecule has 0 bridgehead atoms. The Balaban J connectivity index is 1.94. The maximum Gasteiger partial charge on any atom is 0.118 e. The summed E-state index contributed by atoms with van der Waals surface area (Å²) in [5, 5.41) is 13.6. The SMILES string of the molecule is COc1ccc(C(O)CN[C@H](C)c2ccccc2C)cc1. The summed E-state index contributed by atoms with van der Waals surface area (Å²) >= 11 is 0. The molecule has 3 nitrogen and oxygen atoms in total. The van der Waals surface area contributed by atoms with Gasteiger partial charge in [-0.15, -0.1) is 0 Å². The molecule has 0 aromatic heterocycles. The van der Waals surface area contributed by atoms with Crippen LogP contribution in [-0.2, 0) is 0 Å². The van der Waals surface area contributed by atoms with Crippen molar-refractivity contribution >= 4 is 0 Å². The van der Waals surface area contributed by atoms with E-state index in [-0.39, 0.29) is 6.04 Å². The van der Waals surface area contributed by atoms with Crippen LogP contribution in [0.5, 0.6) is 5.75 Å². The molecule has 0 fully saturated rings. The standard InChI is InChI=1S/C18H23NO2/c1-13-6-4-5-7-17(13)14(2)19-12-18(20)15-8-10-16(21-3)11-9-15/h4-11,14,18-20H,12H2,1-3H3/t14-,18?/m1/s1. The zero-order chi connectivity index (χ0) is 15.2. The van der Waals surface area contributed by atoms with Gasteiger partial charge >= 0.3 is 0 Å². The van der Waals surface area contributed by atoms with E-state index in [2.05, 4.69) is 31.3 Å². The van der Waals surface area contributed by atoms with Gasteiger partial charge in [0, 0.05) is 12.6 Å². The lowest BCUT2D eigenvalue weighted by atomic mass is 10.0. The smallest absolute Gasteiger partial charge is 0.118 e. The second-order valence-corrected chi connectivity index (χ2v) is 5.28. The van der Waals surface area contributed by atoms with Crippen molar-refractivity contribution in [2.24, 2.45) is 0 Å². The van der Waals surface area contributed by atoms with Gasteiger partial charge < -0.3 is 15.2 Å². The second-order valence-electron chi connectivity index (χ2n) is 5.28. The van der Waals surface area contributed by atoms with Crippen LogP contribution in [0.15, 0.2) is 48.5 Å². The minimum Gasteiger partial charge on any atom is -0.497 e. The van der Waals surface area contributed by atoms with Gasteiger partial charge in [-0.1, -0.05) is 36.4 Å². The van der Waals surface area contributed by atoms with E-state index in [9.17, 15) is 5.11 Å². The van der Waals surface area contributed by atoms with Crippen LogP contribution in [0.2, 0.25) is 0 Å². The van der Waals surface area contributed by atoms with Crippen molar-refractivity contribution in [2.45, 2.75) is 26.0 Å². The van der Waals surface area contributed by atoms with Crippen LogP contribution in [0.3, 0.4) is 0 Å². The molecule has 0 amide bonds. The van der Waals surface area contributed by atoms with Crippen LogP contribution in [0.4, 0.5) is 0 Å². The maximum atomic E-state index is 10.2. The number of nitrogens with one attached hydrogen (secondary N) is 1. The topological polar surface area (TPSA) is 41.5 Å². The first-order valence-corrected chi connectivity index (χ1v) is 7.22. The molecule has 0 aliphatic carbocycles. The predicted octanol–water partition coefficient (Wildman–Crippen LogP) is 3.39. The first-order valence-electron chi connectivity index (χ1n) is 7.22. The second kappa shape index (κ2) is 7.25. The fourth-order valence-electron chi connectivity index (χ4n) is 2.41. The molecule has 0 aliphatic rings. The van der Waals surface area contributed by atoms with E-state index in [4.69, 9.17) is 4.74 Å². The molecule has 2 aromatic carbocycles. The van der Waals surface area contributed by atoms with E-state index in [1.807, 2.05) is 36.4 Å². The summed E-state index contributed by atoms with van der Waals surface area (Å²) in [4.78, 5) is 0. The number of aliphatic hydroxyl groups is 1. The Labute approximate surface area is 126 Å². The molecule has 2 rings (SSSR count). The monoisotopic (exact) mass is 285 g/mol. The van der Waals surface area contributed by atoms with Crippen LogP contribution < -0.4 is 10.1 Å². The molecular formula is C18H23NO2. The van der Waals surface area contributed by atoms with E-state index in [0.29, 0.717) is 6.54 Å². The van der Waals surface area contributed by atoms with Gasteiger partial charge in [0.15, 0.2) is 0 Å². The van der Waals surface area contributed by atoms with Crippen molar-refractivity contribution in [3.8, 4) is 5.75 Å². The van der Waals surface area contributed by atoms with Crippen molar-refractivity contribution in [2.75, 3.05) is 13.7 Å². The molecular weight excluding hydrogens is 262 g/mol. The highest BCUT2D eigenvalue weighted by Crippen LogP contribution is 2.20. The molecule has 0 saturated heterocycles. The first-order chi connectivity index (χ1) is 10.1. The molecule has 0 radical (unpaired) electrons. The molecule has 112 valence electrons. The number of aliphatic hydroxyl groups excluding tert-OH is 1. The van der Waals surface area contributed by atoms with Crippen LogP contribution in [-0.4, -0.2) is 18.8 Å². The summed E-state index contributed by atoms with van der Waals surface area (Å²) in [5.74, 6) is 0.798. The quantitative estimate of drug-likeness (QED) is 0.855. The first kappa shape index (κ1) is 15.5. The van der Waals surface area contributed by atoms with Crippen molar-refractivity contribution in [3.63, 3.8) is 0 Å². The average molecular weight is 285 g/mol. The number of methoxy groups -OCH3 is 1. The zero-order valence-corrected chi connectivity index (χ0v) is 12.8. The van der Waals surface area contributed by atoms with E-state index < -0.39 is 6.10 Å². The Bertz CT molecular complexity index is 566. The molecule has 0 saturated carbocycles. The lowest BCUT2D eigenvalue weighted by Crippen LogP contribution is -2.25. The van der Waals surface area contributed by atoms with Gasteiger partial charge in [0.05, 0.1) is 13.2 Å². The normalized spacial score (nSPS) is 13.7. The van der Waals surface area contributed by atoms with Gasteiger partial charge in [-0.25, -0.2) is 0 Å². The average Bonchev–Trinajstić information content (AvgIpc) is 2.52. The van der Waals surface area contributed by atoms with Crippen molar-refractivity contribution in [1.82, 2.24) is 5.32 Å². The molecule has 1 unspecified atom stereocenters. The van der Waals surface area contributed by atoms with Gasteiger partial charge in [0.25, 0.3) is 0 Å². The summed E-state index contributed by atoms with van der Waals surface area (Å²) in [5.41, 5.74) is 3.41. The van der Waals surface area contributed by atoms with Crippen LogP contribution in [0.25, 0.3) is 0 Å². The van der Waals surface area contributed by atoms with Crippen LogP contribution in [0, 0.1) is 6.92 Å². The van der Waals surface area contributed by atoms with Crippen LogP contribution >= 0.6 is 0 Å². The Hall–Kier alpha value is -1.84. The minimum atomic E-state index is -0.526. The van der Waals surface area contributed by atoms with Crippen molar-refractivity contribution < 1.29 is 9.84 Å². The fraction of sp³-hybridized carbons (Fsp3) is 0.333. The lowest BCUT2D eigenvalue weighted by Gasteiger charge is -2.19. The Kier molecular flexibility index (Phi) is 5.37. The molecule has 3 heteroatoms. The summed E-state index contributed by atoms with van der Waals surface area (Å²) in [6.07, 6.45) is -0.526. The van der Waals surface area contributed by atoms with E-state index in [0.717, 1.165) is 11.3 Å². The van der Waals surface area contributed by atoms with Gasteiger partial charge in [-0.3, -0.25) is 0 Å². The van der Waals surface area contributed by atoms with Crippen molar-refractivity contribution in [3.05, 3.63) is 65.2 Å². The summed E-state index contributed by atoms with van der Waals surface area (Å²) < 4.78 is 5.12. The van der Waals surface area contributed by atoms with Gasteiger partial charge in [0.2, 0.25) is 0 Å².